The maximum absolute atomic E-state index is 12.3. The lowest BCUT2D eigenvalue weighted by molar-refractivity contribution is 0.0910. The lowest BCUT2D eigenvalue weighted by Crippen LogP contribution is -2.41. The van der Waals surface area contributed by atoms with Gasteiger partial charge in [-0.1, -0.05) is 13.8 Å². The van der Waals surface area contributed by atoms with Gasteiger partial charge in [-0.3, -0.25) is 14.4 Å². The van der Waals surface area contributed by atoms with Crippen LogP contribution < -0.4 is 16.6 Å². The molecule has 4 N–H and O–H groups in total. The van der Waals surface area contributed by atoms with Crippen LogP contribution in [0.2, 0.25) is 0 Å². The Hall–Kier alpha value is -1.66. The minimum absolute atomic E-state index is 0. The van der Waals surface area contributed by atoms with Crippen LogP contribution in [0.25, 0.3) is 0 Å². The molecule has 1 atom stereocenters. The third-order valence-electron chi connectivity index (χ3n) is 4.69. The second-order valence-electron chi connectivity index (χ2n) is 7.56. The zero-order valence-electron chi connectivity index (χ0n) is 14.0. The number of fused-ring (bicyclic) bond motifs is 1. The van der Waals surface area contributed by atoms with Crippen molar-refractivity contribution in [1.29, 1.82) is 0 Å². The van der Waals surface area contributed by atoms with E-state index >= 15 is 0 Å². The fourth-order valence-electron chi connectivity index (χ4n) is 3.19. The van der Waals surface area contributed by atoms with Gasteiger partial charge in [-0.25, -0.2) is 0 Å². The molecule has 0 aromatic carbocycles. The molecule has 0 saturated heterocycles. The summed E-state index contributed by atoms with van der Waals surface area (Å²) < 4.78 is 0. The summed E-state index contributed by atoms with van der Waals surface area (Å²) in [5.41, 5.74) is 6.40. The highest BCUT2D eigenvalue weighted by Crippen LogP contribution is 2.33. The van der Waals surface area contributed by atoms with Crippen LogP contribution in [0, 0.1) is 11.3 Å². The smallest absolute Gasteiger partial charge is 0.261 e. The van der Waals surface area contributed by atoms with Gasteiger partial charge in [-0.15, -0.1) is 12.4 Å². The van der Waals surface area contributed by atoms with Gasteiger partial charge in [0.1, 0.15) is 5.56 Å². The number of aromatic nitrogens is 1. The monoisotopic (exact) mass is 353 g/mol. The number of H-pyrrole nitrogens is 1. The van der Waals surface area contributed by atoms with Crippen LogP contribution in [0.1, 0.15) is 59.5 Å². The van der Waals surface area contributed by atoms with Gasteiger partial charge in [0.25, 0.3) is 11.5 Å². The molecule has 1 aromatic heterocycles. The first kappa shape index (κ1) is 18.7. The third-order valence-corrected chi connectivity index (χ3v) is 4.69. The molecule has 7 heteroatoms. The van der Waals surface area contributed by atoms with Crippen molar-refractivity contribution in [2.24, 2.45) is 17.1 Å². The van der Waals surface area contributed by atoms with Crippen LogP contribution in [0.4, 0.5) is 0 Å². The molecule has 24 heavy (non-hydrogen) atoms. The molecule has 3 rings (SSSR count). The summed E-state index contributed by atoms with van der Waals surface area (Å²) >= 11 is 0. The van der Waals surface area contributed by atoms with E-state index in [-0.39, 0.29) is 35.2 Å². The van der Waals surface area contributed by atoms with E-state index in [2.05, 4.69) is 10.3 Å². The SMILES string of the molecule is CC1(C)CC(=O)c2cc(C(=O)NCC(N)C3CC3)c(=O)[nH]c2C1.Cl. The van der Waals surface area contributed by atoms with Crippen molar-refractivity contribution in [3.63, 3.8) is 0 Å². The number of Topliss-reactive ketones (excluding diaryl/α,β-unsaturated/α-hetero) is 1. The number of pyridine rings is 1. The molecule has 0 aliphatic heterocycles. The van der Waals surface area contributed by atoms with Crippen LogP contribution in [0.5, 0.6) is 0 Å². The van der Waals surface area contributed by atoms with E-state index in [9.17, 15) is 14.4 Å². The fourth-order valence-corrected chi connectivity index (χ4v) is 3.19. The summed E-state index contributed by atoms with van der Waals surface area (Å²) in [6, 6.07) is 1.36. The summed E-state index contributed by atoms with van der Waals surface area (Å²) in [6.45, 7) is 4.33. The van der Waals surface area contributed by atoms with Crippen LogP contribution in [0.15, 0.2) is 10.9 Å². The zero-order valence-corrected chi connectivity index (χ0v) is 14.8. The van der Waals surface area contributed by atoms with Gasteiger partial charge in [0, 0.05) is 30.3 Å². The minimum Gasteiger partial charge on any atom is -0.350 e. The van der Waals surface area contributed by atoms with Crippen molar-refractivity contribution >= 4 is 24.1 Å². The highest BCUT2D eigenvalue weighted by molar-refractivity contribution is 6.02. The molecule has 1 unspecified atom stereocenters. The van der Waals surface area contributed by atoms with E-state index in [1.165, 1.54) is 6.07 Å². The lowest BCUT2D eigenvalue weighted by Gasteiger charge is -2.29. The minimum atomic E-state index is -0.470. The van der Waals surface area contributed by atoms with Crippen molar-refractivity contribution < 1.29 is 9.59 Å². The molecule has 1 saturated carbocycles. The van der Waals surface area contributed by atoms with Gasteiger partial charge < -0.3 is 16.0 Å². The van der Waals surface area contributed by atoms with Gasteiger partial charge in [-0.2, -0.15) is 0 Å². The number of carbonyl (C=O) groups excluding carboxylic acids is 2. The fraction of sp³-hybridized carbons (Fsp3) is 0.588. The number of hydrogen-bond donors (Lipinski definition) is 3. The number of hydrogen-bond acceptors (Lipinski definition) is 4. The predicted molar refractivity (Wildman–Crippen MR) is 93.8 cm³/mol. The average molecular weight is 354 g/mol. The van der Waals surface area contributed by atoms with Gasteiger partial charge >= 0.3 is 0 Å². The van der Waals surface area contributed by atoms with Gasteiger partial charge in [-0.05, 0) is 36.7 Å². The third kappa shape index (κ3) is 3.87. The van der Waals surface area contributed by atoms with Gasteiger partial charge in [0.2, 0.25) is 0 Å². The molecular weight excluding hydrogens is 330 g/mol. The van der Waals surface area contributed by atoms with Crippen LogP contribution in [-0.4, -0.2) is 29.3 Å². The quantitative estimate of drug-likeness (QED) is 0.761. The lowest BCUT2D eigenvalue weighted by atomic mass is 9.75. The van der Waals surface area contributed by atoms with Crippen molar-refractivity contribution in [2.45, 2.75) is 45.6 Å². The topological polar surface area (TPSA) is 105 Å². The molecular formula is C17H24ClN3O3. The maximum Gasteiger partial charge on any atom is 0.261 e. The van der Waals surface area contributed by atoms with Crippen LogP contribution in [0.3, 0.4) is 0 Å². The Morgan fingerprint density at radius 1 is 1.38 bits per heavy atom. The Morgan fingerprint density at radius 3 is 2.67 bits per heavy atom. The average Bonchev–Trinajstić information content (AvgIpc) is 3.27. The first-order chi connectivity index (χ1) is 10.8. The number of aromatic amines is 1. The van der Waals surface area contributed by atoms with Crippen LogP contribution >= 0.6 is 12.4 Å². The first-order valence-electron chi connectivity index (χ1n) is 8.10. The summed E-state index contributed by atoms with van der Waals surface area (Å²) in [5, 5.41) is 2.70. The number of rotatable bonds is 4. The molecule has 1 fully saturated rings. The van der Waals surface area contributed by atoms with Gasteiger partial charge in [0.15, 0.2) is 5.78 Å². The Balaban J connectivity index is 0.00000208. The largest absolute Gasteiger partial charge is 0.350 e. The highest BCUT2D eigenvalue weighted by atomic mass is 35.5. The van der Waals surface area contributed by atoms with Crippen molar-refractivity contribution in [3.8, 4) is 0 Å². The standard InChI is InChI=1S/C17H23N3O3.ClH/c1-17(2)6-13-10(14(21)7-17)5-11(16(23)20-13)15(22)19-8-12(18)9-3-4-9;/h5,9,12H,3-4,6-8,18H2,1-2H3,(H,19,22)(H,20,23);1H. The molecule has 0 spiro atoms. The number of carbonyl (C=O) groups is 2. The molecule has 132 valence electrons. The number of ketones is 1. The van der Waals surface area contributed by atoms with E-state index in [0.29, 0.717) is 36.6 Å². The number of amides is 1. The molecule has 0 radical (unpaired) electrons. The first-order valence-corrected chi connectivity index (χ1v) is 8.10. The molecule has 0 bridgehead atoms. The van der Waals surface area contributed by atoms with E-state index in [1.807, 2.05) is 13.8 Å². The molecule has 2 aliphatic carbocycles. The van der Waals surface area contributed by atoms with E-state index in [1.54, 1.807) is 0 Å². The highest BCUT2D eigenvalue weighted by Gasteiger charge is 2.33. The van der Waals surface area contributed by atoms with E-state index in [0.717, 1.165) is 12.8 Å². The summed E-state index contributed by atoms with van der Waals surface area (Å²) in [4.78, 5) is 39.4. The molecule has 2 aliphatic rings. The second kappa shape index (κ2) is 6.69. The summed E-state index contributed by atoms with van der Waals surface area (Å²) in [5.74, 6) is -0.0278. The van der Waals surface area contributed by atoms with Crippen LogP contribution in [-0.2, 0) is 6.42 Å². The maximum atomic E-state index is 12.3. The number of nitrogens with two attached hydrogens (primary N) is 1. The van der Waals surface area contributed by atoms with Crippen molar-refractivity contribution in [3.05, 3.63) is 33.2 Å². The zero-order chi connectivity index (χ0) is 16.8. The molecule has 1 amide bonds. The Bertz CT molecular complexity index is 722. The molecule has 1 aromatic rings. The van der Waals surface area contributed by atoms with E-state index in [4.69, 9.17) is 5.73 Å². The van der Waals surface area contributed by atoms with E-state index < -0.39 is 11.5 Å². The predicted octanol–water partition coefficient (Wildman–Crippen LogP) is 1.42. The Morgan fingerprint density at radius 2 is 2.04 bits per heavy atom. The normalized spacial score (nSPS) is 19.9. The Kier molecular flexibility index (Phi) is 5.20. The molecule has 1 heterocycles. The summed E-state index contributed by atoms with van der Waals surface area (Å²) in [7, 11) is 0. The summed E-state index contributed by atoms with van der Waals surface area (Å²) in [6.07, 6.45) is 3.24. The molecule has 6 nitrogen and oxygen atoms in total. The second-order valence-corrected chi connectivity index (χ2v) is 7.56. The van der Waals surface area contributed by atoms with Crippen molar-refractivity contribution in [1.82, 2.24) is 10.3 Å². The number of nitrogens with one attached hydrogen (secondary N) is 2. The van der Waals surface area contributed by atoms with Gasteiger partial charge in [0.05, 0.1) is 0 Å². The van der Waals surface area contributed by atoms with Crippen molar-refractivity contribution in [2.75, 3.05) is 6.54 Å². The number of halogens is 1. The Labute approximate surface area is 147 Å².